The van der Waals surface area contributed by atoms with Gasteiger partial charge < -0.3 is 14.9 Å². The maximum Gasteiger partial charge on any atom is 0.295 e. The summed E-state index contributed by atoms with van der Waals surface area (Å²) in [6.45, 7) is 6.17. The molecule has 2 heterocycles. The Morgan fingerprint density at radius 3 is 2.18 bits per heavy atom. The van der Waals surface area contributed by atoms with Gasteiger partial charge in [0.1, 0.15) is 5.76 Å². The number of benzene rings is 2. The summed E-state index contributed by atoms with van der Waals surface area (Å²) in [5, 5.41) is 11.2. The van der Waals surface area contributed by atoms with Gasteiger partial charge in [-0.05, 0) is 61.4 Å². The first-order chi connectivity index (χ1) is 16.4. The molecule has 34 heavy (non-hydrogen) atoms. The summed E-state index contributed by atoms with van der Waals surface area (Å²) in [5.41, 5.74) is 3.26. The predicted molar refractivity (Wildman–Crippen MR) is 136 cm³/mol. The SMILES string of the molecule is CCN(CC)c1ccc(C2/C(=C(/O)c3ccc(Br)cc3)C(=O)C(=O)N2Cc2ccncc2)cc1. The molecule has 0 saturated carbocycles. The van der Waals surface area contributed by atoms with E-state index in [1.54, 1.807) is 36.7 Å². The number of carbonyl (C=O) groups is 2. The van der Waals surface area contributed by atoms with Crippen molar-refractivity contribution in [1.82, 2.24) is 9.88 Å². The van der Waals surface area contributed by atoms with Crippen molar-refractivity contribution in [3.05, 3.63) is 99.8 Å². The van der Waals surface area contributed by atoms with Crippen LogP contribution in [0.15, 0.2) is 83.1 Å². The lowest BCUT2D eigenvalue weighted by molar-refractivity contribution is -0.140. The highest BCUT2D eigenvalue weighted by Gasteiger charge is 2.46. The summed E-state index contributed by atoms with van der Waals surface area (Å²) in [4.78, 5) is 34.1. The van der Waals surface area contributed by atoms with Crippen LogP contribution in [0.3, 0.4) is 0 Å². The molecular weight excluding hydrogens is 494 g/mol. The minimum Gasteiger partial charge on any atom is -0.507 e. The lowest BCUT2D eigenvalue weighted by Crippen LogP contribution is -2.29. The normalized spacial score (nSPS) is 17.3. The summed E-state index contributed by atoms with van der Waals surface area (Å²) in [5.74, 6) is -1.50. The van der Waals surface area contributed by atoms with E-state index < -0.39 is 17.7 Å². The number of Topliss-reactive ketones (excluding diaryl/α,β-unsaturated/α-hetero) is 1. The van der Waals surface area contributed by atoms with Gasteiger partial charge in [0, 0.05) is 47.8 Å². The molecule has 0 aliphatic carbocycles. The molecule has 0 bridgehead atoms. The molecule has 1 N–H and O–H groups in total. The molecule has 4 rings (SSSR count). The maximum atomic E-state index is 13.2. The van der Waals surface area contributed by atoms with Crippen LogP contribution in [-0.2, 0) is 16.1 Å². The van der Waals surface area contributed by atoms with Crippen molar-refractivity contribution in [2.75, 3.05) is 18.0 Å². The number of aliphatic hydroxyl groups is 1. The molecule has 1 aromatic heterocycles. The zero-order valence-electron chi connectivity index (χ0n) is 19.1. The molecule has 3 aromatic rings. The second kappa shape index (κ2) is 10.2. The fourth-order valence-corrected chi connectivity index (χ4v) is 4.56. The van der Waals surface area contributed by atoms with E-state index >= 15 is 0 Å². The van der Waals surface area contributed by atoms with Crippen LogP contribution in [0.1, 0.15) is 36.6 Å². The Hall–Kier alpha value is -3.45. The summed E-state index contributed by atoms with van der Waals surface area (Å²) >= 11 is 3.39. The predicted octanol–water partition coefficient (Wildman–Crippen LogP) is 5.31. The third-order valence-electron chi connectivity index (χ3n) is 6.10. The van der Waals surface area contributed by atoms with E-state index in [1.165, 1.54) is 4.90 Å². The van der Waals surface area contributed by atoms with Gasteiger partial charge in [0.15, 0.2) is 0 Å². The molecule has 7 heteroatoms. The third-order valence-corrected chi connectivity index (χ3v) is 6.63. The molecule has 174 valence electrons. The number of hydrogen-bond donors (Lipinski definition) is 1. The first kappa shape index (κ1) is 23.7. The zero-order valence-corrected chi connectivity index (χ0v) is 20.7. The quantitative estimate of drug-likeness (QED) is 0.260. The molecule has 1 aliphatic heterocycles. The Bertz CT molecular complexity index is 1200. The summed E-state index contributed by atoms with van der Waals surface area (Å²) in [7, 11) is 0. The van der Waals surface area contributed by atoms with Gasteiger partial charge in [-0.2, -0.15) is 0 Å². The minimum atomic E-state index is -0.706. The number of likely N-dealkylation sites (tertiary alicyclic amines) is 1. The molecule has 1 amide bonds. The Morgan fingerprint density at radius 1 is 0.971 bits per heavy atom. The Morgan fingerprint density at radius 2 is 1.59 bits per heavy atom. The Labute approximate surface area is 207 Å². The number of pyridine rings is 1. The molecule has 1 fully saturated rings. The van der Waals surface area contributed by atoms with Crippen LogP contribution in [-0.4, -0.2) is 39.8 Å². The van der Waals surface area contributed by atoms with E-state index in [0.717, 1.165) is 34.4 Å². The van der Waals surface area contributed by atoms with E-state index in [9.17, 15) is 14.7 Å². The van der Waals surface area contributed by atoms with Gasteiger partial charge in [-0.1, -0.05) is 40.2 Å². The zero-order chi connectivity index (χ0) is 24.2. The Balaban J connectivity index is 1.82. The van der Waals surface area contributed by atoms with Crippen molar-refractivity contribution < 1.29 is 14.7 Å². The summed E-state index contributed by atoms with van der Waals surface area (Å²) < 4.78 is 0.853. The van der Waals surface area contributed by atoms with Crippen molar-refractivity contribution in [2.24, 2.45) is 0 Å². The number of aliphatic hydroxyl groups excluding tert-OH is 1. The standard InChI is InChI=1S/C27H26BrN3O3/c1-3-30(4-2)22-11-7-19(8-12-22)24-23(25(32)20-5-9-21(28)10-6-20)26(33)27(34)31(24)17-18-13-15-29-16-14-18/h5-16,24,32H,3-4,17H2,1-2H3/b25-23-. The number of halogens is 1. The van der Waals surface area contributed by atoms with Gasteiger partial charge in [-0.15, -0.1) is 0 Å². The van der Waals surface area contributed by atoms with Gasteiger partial charge in [0.2, 0.25) is 0 Å². The second-order valence-electron chi connectivity index (χ2n) is 8.05. The first-order valence-corrected chi connectivity index (χ1v) is 12.0. The highest BCUT2D eigenvalue weighted by atomic mass is 79.9. The molecule has 0 radical (unpaired) electrons. The molecule has 0 spiro atoms. The van der Waals surface area contributed by atoms with E-state index in [4.69, 9.17) is 0 Å². The fraction of sp³-hybridized carbons (Fsp3) is 0.222. The van der Waals surface area contributed by atoms with E-state index in [-0.39, 0.29) is 17.9 Å². The van der Waals surface area contributed by atoms with Crippen molar-refractivity contribution in [3.8, 4) is 0 Å². The van der Waals surface area contributed by atoms with Gasteiger partial charge in [-0.3, -0.25) is 14.6 Å². The maximum absolute atomic E-state index is 13.2. The van der Waals surface area contributed by atoms with Crippen molar-refractivity contribution in [1.29, 1.82) is 0 Å². The van der Waals surface area contributed by atoms with Crippen molar-refractivity contribution in [2.45, 2.75) is 26.4 Å². The third kappa shape index (κ3) is 4.61. The average molecular weight is 520 g/mol. The van der Waals surface area contributed by atoms with Crippen LogP contribution >= 0.6 is 15.9 Å². The smallest absolute Gasteiger partial charge is 0.295 e. The van der Waals surface area contributed by atoms with Crippen LogP contribution in [0.4, 0.5) is 5.69 Å². The first-order valence-electron chi connectivity index (χ1n) is 11.2. The van der Waals surface area contributed by atoms with Crippen LogP contribution in [0.2, 0.25) is 0 Å². The average Bonchev–Trinajstić information content (AvgIpc) is 3.11. The van der Waals surface area contributed by atoms with Crippen LogP contribution < -0.4 is 4.90 Å². The van der Waals surface area contributed by atoms with Gasteiger partial charge in [0.05, 0.1) is 11.6 Å². The minimum absolute atomic E-state index is 0.0944. The van der Waals surface area contributed by atoms with Crippen molar-refractivity contribution in [3.63, 3.8) is 0 Å². The van der Waals surface area contributed by atoms with Gasteiger partial charge >= 0.3 is 0 Å². The molecule has 1 atom stereocenters. The van der Waals surface area contributed by atoms with Crippen LogP contribution in [0.5, 0.6) is 0 Å². The summed E-state index contributed by atoms with van der Waals surface area (Å²) in [6, 6.07) is 17.8. The highest BCUT2D eigenvalue weighted by molar-refractivity contribution is 9.10. The number of anilines is 1. The lowest BCUT2D eigenvalue weighted by atomic mass is 9.95. The molecule has 1 saturated heterocycles. The van der Waals surface area contributed by atoms with Gasteiger partial charge in [0.25, 0.3) is 11.7 Å². The molecule has 2 aromatic carbocycles. The molecule has 6 nitrogen and oxygen atoms in total. The molecule has 1 aliphatic rings. The van der Waals surface area contributed by atoms with E-state index in [0.29, 0.717) is 5.56 Å². The highest BCUT2D eigenvalue weighted by Crippen LogP contribution is 2.40. The van der Waals surface area contributed by atoms with Gasteiger partial charge in [-0.25, -0.2) is 0 Å². The largest absolute Gasteiger partial charge is 0.507 e. The molecular formula is C27H26BrN3O3. The number of carbonyl (C=O) groups excluding carboxylic acids is 2. The number of rotatable bonds is 7. The Kier molecular flexibility index (Phi) is 7.12. The van der Waals surface area contributed by atoms with Crippen molar-refractivity contribution >= 4 is 39.1 Å². The van der Waals surface area contributed by atoms with Crippen LogP contribution in [0, 0.1) is 0 Å². The number of aromatic nitrogens is 1. The van der Waals surface area contributed by atoms with E-state index in [2.05, 4.69) is 39.7 Å². The number of amides is 1. The number of ketones is 1. The van der Waals surface area contributed by atoms with E-state index in [1.807, 2.05) is 36.4 Å². The topological polar surface area (TPSA) is 73.7 Å². The monoisotopic (exact) mass is 519 g/mol. The molecule has 1 unspecified atom stereocenters. The lowest BCUT2D eigenvalue weighted by Gasteiger charge is -2.26. The second-order valence-corrected chi connectivity index (χ2v) is 8.97. The van der Waals surface area contributed by atoms with Crippen LogP contribution in [0.25, 0.3) is 5.76 Å². The number of nitrogens with zero attached hydrogens (tertiary/aromatic N) is 3. The number of hydrogen-bond acceptors (Lipinski definition) is 5. The summed E-state index contributed by atoms with van der Waals surface area (Å²) in [6.07, 6.45) is 3.31. The fourth-order valence-electron chi connectivity index (χ4n) is 4.29.